The van der Waals surface area contributed by atoms with Crippen LogP contribution in [-0.4, -0.2) is 54.9 Å². The molecule has 0 N–H and O–H groups in total. The number of carbonyl (C=O) groups excluding carboxylic acids is 4. The summed E-state index contributed by atoms with van der Waals surface area (Å²) in [5.74, 6) is -1.91. The molecule has 0 radical (unpaired) electrons. The third-order valence-corrected chi connectivity index (χ3v) is 9.15. The summed E-state index contributed by atoms with van der Waals surface area (Å²) in [6.07, 6.45) is 7.88. The molecule has 0 aliphatic carbocycles. The van der Waals surface area contributed by atoms with Gasteiger partial charge in [-0.25, -0.2) is 0 Å². The normalized spacial score (nSPS) is 22.1. The van der Waals surface area contributed by atoms with Gasteiger partial charge in [0, 0.05) is 25.7 Å². The molecular formula is C38H60O9S. The molecule has 0 aromatic heterocycles. The molecule has 48 heavy (non-hydrogen) atoms. The molecule has 0 bridgehead atoms. The van der Waals surface area contributed by atoms with Crippen LogP contribution in [0.5, 0.6) is 0 Å². The van der Waals surface area contributed by atoms with Gasteiger partial charge in [-0.1, -0.05) is 122 Å². The summed E-state index contributed by atoms with van der Waals surface area (Å²) in [5, 5.41) is 0. The zero-order valence-electron chi connectivity index (χ0n) is 29.8. The predicted molar refractivity (Wildman–Crippen MR) is 188 cm³/mol. The highest BCUT2D eigenvalue weighted by Gasteiger charge is 2.59. The lowest BCUT2D eigenvalue weighted by atomic mass is 9.89. The first-order valence-corrected chi connectivity index (χ1v) is 18.8. The van der Waals surface area contributed by atoms with Crippen molar-refractivity contribution in [1.29, 1.82) is 0 Å². The van der Waals surface area contributed by atoms with Crippen molar-refractivity contribution in [3.8, 4) is 0 Å². The van der Waals surface area contributed by atoms with E-state index in [4.69, 9.17) is 36.3 Å². The second-order valence-corrected chi connectivity index (χ2v) is 13.4. The number of hydrogen-bond donors (Lipinski definition) is 1. The maximum absolute atomic E-state index is 13.4. The van der Waals surface area contributed by atoms with Crippen LogP contribution in [0.2, 0.25) is 0 Å². The Morgan fingerprint density at radius 3 is 1.58 bits per heavy atom. The lowest BCUT2D eigenvalue weighted by Crippen LogP contribution is -2.65. The molecule has 1 aliphatic heterocycles. The van der Waals surface area contributed by atoms with Gasteiger partial charge < -0.3 is 23.7 Å². The Morgan fingerprint density at radius 2 is 1.04 bits per heavy atom. The number of esters is 4. The smallest absolute Gasteiger partial charge is 0.306 e. The maximum Gasteiger partial charge on any atom is 0.306 e. The van der Waals surface area contributed by atoms with Gasteiger partial charge in [-0.3, -0.25) is 19.2 Å². The van der Waals surface area contributed by atoms with Gasteiger partial charge in [0.2, 0.25) is 0 Å². The zero-order valence-corrected chi connectivity index (χ0v) is 30.6. The van der Waals surface area contributed by atoms with E-state index in [2.05, 4.69) is 13.8 Å². The molecule has 1 aliphatic rings. The Labute approximate surface area is 293 Å². The Morgan fingerprint density at radius 1 is 0.604 bits per heavy atom. The molecule has 1 aromatic rings. The molecule has 10 heteroatoms. The van der Waals surface area contributed by atoms with Crippen LogP contribution in [0, 0.1) is 0 Å². The molecule has 0 spiro atoms. The minimum Gasteiger partial charge on any atom is -0.463 e. The van der Waals surface area contributed by atoms with Crippen molar-refractivity contribution in [1.82, 2.24) is 0 Å². The Bertz CT molecular complexity index is 1080. The maximum atomic E-state index is 13.4. The summed E-state index contributed by atoms with van der Waals surface area (Å²) in [7, 11) is 0. The minimum absolute atomic E-state index is 0.141. The van der Waals surface area contributed by atoms with Crippen LogP contribution in [0.25, 0.3) is 0 Å². The van der Waals surface area contributed by atoms with Gasteiger partial charge in [0.25, 0.3) is 0 Å². The first-order chi connectivity index (χ1) is 23.2. The van der Waals surface area contributed by atoms with Gasteiger partial charge in [-0.05, 0) is 31.2 Å². The van der Waals surface area contributed by atoms with E-state index in [9.17, 15) is 19.2 Å². The Balaban J connectivity index is 2.53. The van der Waals surface area contributed by atoms with Gasteiger partial charge >= 0.3 is 23.9 Å². The largest absolute Gasteiger partial charge is 0.463 e. The number of thiol groups is 1. The van der Waals surface area contributed by atoms with Crippen LogP contribution in [-0.2, 0) is 47.8 Å². The van der Waals surface area contributed by atoms with Gasteiger partial charge in [0.1, 0.15) is 12.7 Å². The van der Waals surface area contributed by atoms with Crippen LogP contribution < -0.4 is 0 Å². The topological polar surface area (TPSA) is 114 Å². The lowest BCUT2D eigenvalue weighted by molar-refractivity contribution is -0.265. The number of benzene rings is 1. The van der Waals surface area contributed by atoms with Crippen molar-refractivity contribution >= 4 is 36.5 Å². The fourth-order valence-electron chi connectivity index (χ4n) is 5.73. The minimum atomic E-state index is -1.63. The second-order valence-electron chi connectivity index (χ2n) is 12.8. The van der Waals surface area contributed by atoms with Crippen LogP contribution >= 0.6 is 12.6 Å². The average molecular weight is 693 g/mol. The number of carbonyl (C=O) groups is 4. The molecule has 2 rings (SSSR count). The van der Waals surface area contributed by atoms with Gasteiger partial charge in [-0.2, -0.15) is 0 Å². The third-order valence-electron chi connectivity index (χ3n) is 8.53. The van der Waals surface area contributed by atoms with Crippen molar-refractivity contribution in [2.45, 2.75) is 173 Å². The molecule has 0 amide bonds. The molecule has 272 valence electrons. The first-order valence-electron chi connectivity index (χ1n) is 18.4. The fourth-order valence-corrected chi connectivity index (χ4v) is 6.21. The highest BCUT2D eigenvalue weighted by molar-refractivity contribution is 7.81. The average Bonchev–Trinajstić information content (AvgIpc) is 3.07. The van der Waals surface area contributed by atoms with E-state index in [1.165, 1.54) is 0 Å². The molecule has 1 fully saturated rings. The van der Waals surface area contributed by atoms with E-state index >= 15 is 0 Å². The summed E-state index contributed by atoms with van der Waals surface area (Å²) in [5.41, 5.74) is 0.549. The lowest BCUT2D eigenvalue weighted by Gasteiger charge is -2.49. The van der Waals surface area contributed by atoms with E-state index in [1.807, 2.05) is 19.9 Å². The number of unbranched alkanes of at least 4 members (excludes halogenated alkanes) is 10. The standard InChI is InChI=1S/C38H60O9S/c1-5-9-13-14-21-27-34(42)46-37-36(45-33(41)26-18-12-8-4)35(44-32(40)25-17-11-7-3)30(28-43-31(39)24-16-10-6-2)47-38(37,48)29-22-19-15-20-23-29/h15,19-20,22-23,30,35-37,48H,5-14,16-18,21,24-28H2,1-4H3/t30-,35-,36+,37+,38-/m1/s1. The Hall–Kier alpha value is -2.59. The van der Waals surface area contributed by atoms with Crippen molar-refractivity contribution in [2.75, 3.05) is 6.61 Å². The summed E-state index contributed by atoms with van der Waals surface area (Å²) in [6, 6.07) is 9.00. The summed E-state index contributed by atoms with van der Waals surface area (Å²) in [4.78, 5) is 51.1. The van der Waals surface area contributed by atoms with Crippen LogP contribution in [0.3, 0.4) is 0 Å². The SMILES string of the molecule is CCCCCCCC(=O)O[C@H]1[C@@H](OC(=O)CCCCC)[C@H](OC(=O)CCCCC)[C@@H](COC(=O)CCCCC)O[C@@]1(S)c1ccccc1. The Kier molecular flexibility index (Phi) is 20.5. The van der Waals surface area contributed by atoms with Gasteiger partial charge in [0.15, 0.2) is 23.2 Å². The summed E-state index contributed by atoms with van der Waals surface area (Å²) in [6.45, 7) is 7.99. The summed E-state index contributed by atoms with van der Waals surface area (Å²) >= 11 is 5.02. The second kappa shape index (κ2) is 23.7. The highest BCUT2D eigenvalue weighted by atomic mass is 32.1. The molecule has 9 nitrogen and oxygen atoms in total. The van der Waals surface area contributed by atoms with Crippen LogP contribution in [0.4, 0.5) is 0 Å². The van der Waals surface area contributed by atoms with E-state index in [-0.39, 0.29) is 32.3 Å². The fraction of sp³-hybridized carbons (Fsp3) is 0.737. The van der Waals surface area contributed by atoms with E-state index < -0.39 is 53.2 Å². The van der Waals surface area contributed by atoms with Crippen molar-refractivity contribution in [3.63, 3.8) is 0 Å². The molecule has 1 heterocycles. The number of rotatable bonds is 24. The van der Waals surface area contributed by atoms with E-state index in [0.29, 0.717) is 31.2 Å². The van der Waals surface area contributed by atoms with E-state index in [1.54, 1.807) is 24.3 Å². The van der Waals surface area contributed by atoms with Gasteiger partial charge in [-0.15, -0.1) is 12.6 Å². The van der Waals surface area contributed by atoms with Crippen LogP contribution in [0.15, 0.2) is 30.3 Å². The van der Waals surface area contributed by atoms with Crippen molar-refractivity contribution in [2.24, 2.45) is 0 Å². The molecule has 5 atom stereocenters. The predicted octanol–water partition coefficient (Wildman–Crippen LogP) is 8.55. The number of ether oxygens (including phenoxy) is 5. The van der Waals surface area contributed by atoms with E-state index in [0.717, 1.165) is 64.2 Å². The monoisotopic (exact) mass is 692 g/mol. The first kappa shape index (κ1) is 41.6. The van der Waals surface area contributed by atoms with Crippen molar-refractivity contribution < 1.29 is 42.9 Å². The summed E-state index contributed by atoms with van der Waals surface area (Å²) < 4.78 is 30.6. The van der Waals surface area contributed by atoms with Crippen molar-refractivity contribution in [3.05, 3.63) is 35.9 Å². The molecular weight excluding hydrogens is 632 g/mol. The third kappa shape index (κ3) is 14.5. The quantitative estimate of drug-likeness (QED) is 0.0493. The van der Waals surface area contributed by atoms with Crippen LogP contribution in [0.1, 0.15) is 149 Å². The van der Waals surface area contributed by atoms with Gasteiger partial charge in [0.05, 0.1) is 0 Å². The zero-order chi connectivity index (χ0) is 35.2. The number of hydrogen-bond acceptors (Lipinski definition) is 10. The molecule has 0 unspecified atom stereocenters. The molecule has 1 saturated heterocycles. The molecule has 1 aromatic carbocycles. The highest BCUT2D eigenvalue weighted by Crippen LogP contribution is 2.45. The molecule has 0 saturated carbocycles.